The molecule has 0 unspecified atom stereocenters. The molecule has 0 atom stereocenters. The van der Waals surface area contributed by atoms with Gasteiger partial charge in [0.1, 0.15) is 0 Å². The average molecular weight is 252 g/mol. The Morgan fingerprint density at radius 1 is 1.44 bits per heavy atom. The van der Waals surface area contributed by atoms with E-state index < -0.39 is 5.82 Å². The van der Waals surface area contributed by atoms with E-state index in [1.54, 1.807) is 6.07 Å². The Hall–Kier alpha value is -1.45. The molecule has 0 radical (unpaired) electrons. The minimum Gasteiger partial charge on any atom is -0.494 e. The number of halogens is 1. The first-order valence-electron chi connectivity index (χ1n) is 6.47. The van der Waals surface area contributed by atoms with Crippen LogP contribution >= 0.6 is 0 Å². The van der Waals surface area contributed by atoms with E-state index in [1.807, 2.05) is 0 Å². The largest absolute Gasteiger partial charge is 0.494 e. The van der Waals surface area contributed by atoms with Gasteiger partial charge in [0.25, 0.3) is 0 Å². The van der Waals surface area contributed by atoms with Crippen molar-refractivity contribution in [2.75, 3.05) is 24.7 Å². The maximum absolute atomic E-state index is 13.4. The fourth-order valence-electron chi connectivity index (χ4n) is 2.49. The highest BCUT2D eigenvalue weighted by molar-refractivity contribution is 5.68. The molecular weight excluding hydrogens is 231 g/mol. The van der Waals surface area contributed by atoms with Crippen LogP contribution in [-0.4, -0.2) is 13.7 Å². The Balaban J connectivity index is 2.09. The maximum atomic E-state index is 13.4. The van der Waals surface area contributed by atoms with Gasteiger partial charge < -0.3 is 15.8 Å². The summed E-state index contributed by atoms with van der Waals surface area (Å²) >= 11 is 0. The van der Waals surface area contributed by atoms with E-state index >= 15 is 0 Å². The summed E-state index contributed by atoms with van der Waals surface area (Å²) in [7, 11) is 1.46. The smallest absolute Gasteiger partial charge is 0.167 e. The normalized spacial score (nSPS) is 17.1. The number of nitrogen functional groups attached to an aromatic ring is 1. The van der Waals surface area contributed by atoms with Gasteiger partial charge in [-0.15, -0.1) is 0 Å². The number of rotatable bonds is 5. The van der Waals surface area contributed by atoms with Gasteiger partial charge in [-0.3, -0.25) is 0 Å². The molecule has 0 aromatic heterocycles. The Morgan fingerprint density at radius 2 is 2.17 bits per heavy atom. The van der Waals surface area contributed by atoms with E-state index in [2.05, 4.69) is 12.2 Å². The van der Waals surface area contributed by atoms with Crippen LogP contribution in [-0.2, 0) is 0 Å². The molecule has 0 saturated heterocycles. The molecule has 0 spiro atoms. The summed E-state index contributed by atoms with van der Waals surface area (Å²) in [6, 6.07) is 2.94. The second-order valence-corrected chi connectivity index (χ2v) is 5.13. The standard InChI is InChI=1S/C14H21FN2O/c1-3-14(5-4-6-14)9-17-12-8-13(18-2)10(15)7-11(12)16/h7-8,17H,3-6,9,16H2,1-2H3. The minimum atomic E-state index is -0.422. The molecular formula is C14H21FN2O. The summed E-state index contributed by atoms with van der Waals surface area (Å²) in [5.74, 6) is -0.194. The number of anilines is 2. The van der Waals surface area contributed by atoms with Crippen LogP contribution in [0.2, 0.25) is 0 Å². The molecule has 18 heavy (non-hydrogen) atoms. The molecule has 1 fully saturated rings. The third-order valence-electron chi connectivity index (χ3n) is 4.14. The van der Waals surface area contributed by atoms with Gasteiger partial charge in [0.2, 0.25) is 0 Å². The number of hydrogen-bond donors (Lipinski definition) is 2. The molecule has 3 N–H and O–H groups in total. The van der Waals surface area contributed by atoms with E-state index in [1.165, 1.54) is 32.4 Å². The highest BCUT2D eigenvalue weighted by atomic mass is 19.1. The van der Waals surface area contributed by atoms with Crippen molar-refractivity contribution in [2.45, 2.75) is 32.6 Å². The molecule has 1 aliphatic rings. The SMILES string of the molecule is CCC1(CNc2cc(OC)c(F)cc2N)CCC1. The fourth-order valence-corrected chi connectivity index (χ4v) is 2.49. The van der Waals surface area contributed by atoms with Crippen LogP contribution in [0.4, 0.5) is 15.8 Å². The number of methoxy groups -OCH3 is 1. The number of nitrogens with one attached hydrogen (secondary N) is 1. The van der Waals surface area contributed by atoms with Crippen molar-refractivity contribution in [3.05, 3.63) is 17.9 Å². The predicted molar refractivity (Wildman–Crippen MR) is 72.4 cm³/mol. The number of nitrogens with two attached hydrogens (primary N) is 1. The highest BCUT2D eigenvalue weighted by Crippen LogP contribution is 2.44. The first-order valence-corrected chi connectivity index (χ1v) is 6.47. The zero-order chi connectivity index (χ0) is 13.2. The van der Waals surface area contributed by atoms with Crippen molar-refractivity contribution in [1.29, 1.82) is 0 Å². The van der Waals surface area contributed by atoms with Gasteiger partial charge in [0, 0.05) is 18.7 Å². The van der Waals surface area contributed by atoms with Crippen molar-refractivity contribution in [1.82, 2.24) is 0 Å². The van der Waals surface area contributed by atoms with E-state index in [-0.39, 0.29) is 5.75 Å². The van der Waals surface area contributed by atoms with Crippen LogP contribution in [0, 0.1) is 11.2 Å². The van der Waals surface area contributed by atoms with Gasteiger partial charge >= 0.3 is 0 Å². The Bertz CT molecular complexity index is 425. The van der Waals surface area contributed by atoms with Gasteiger partial charge in [0.15, 0.2) is 11.6 Å². The number of hydrogen-bond acceptors (Lipinski definition) is 3. The predicted octanol–water partition coefficient (Wildman–Crippen LogP) is 3.41. The summed E-state index contributed by atoms with van der Waals surface area (Å²) < 4.78 is 18.4. The van der Waals surface area contributed by atoms with Crippen molar-refractivity contribution >= 4 is 11.4 Å². The zero-order valence-corrected chi connectivity index (χ0v) is 11.1. The summed E-state index contributed by atoms with van der Waals surface area (Å²) in [6.07, 6.45) is 4.99. The first kappa shape index (κ1) is 13.0. The maximum Gasteiger partial charge on any atom is 0.167 e. The monoisotopic (exact) mass is 252 g/mol. The third-order valence-corrected chi connectivity index (χ3v) is 4.14. The molecule has 4 heteroatoms. The van der Waals surface area contributed by atoms with Crippen molar-refractivity contribution < 1.29 is 9.13 Å². The van der Waals surface area contributed by atoms with Crippen LogP contribution in [0.3, 0.4) is 0 Å². The van der Waals surface area contributed by atoms with Crippen molar-refractivity contribution in [2.24, 2.45) is 5.41 Å². The van der Waals surface area contributed by atoms with Gasteiger partial charge in [-0.2, -0.15) is 0 Å². The molecule has 1 aromatic carbocycles. The molecule has 0 amide bonds. The second-order valence-electron chi connectivity index (χ2n) is 5.13. The molecule has 100 valence electrons. The van der Waals surface area contributed by atoms with E-state index in [0.717, 1.165) is 18.7 Å². The molecule has 3 nitrogen and oxygen atoms in total. The van der Waals surface area contributed by atoms with Gasteiger partial charge in [-0.05, 0) is 24.7 Å². The van der Waals surface area contributed by atoms with Gasteiger partial charge in [0.05, 0.1) is 18.5 Å². The highest BCUT2D eigenvalue weighted by Gasteiger charge is 2.34. The summed E-state index contributed by atoms with van der Waals surface area (Å²) in [4.78, 5) is 0. The van der Waals surface area contributed by atoms with Gasteiger partial charge in [-0.25, -0.2) is 4.39 Å². The molecule has 1 saturated carbocycles. The summed E-state index contributed by atoms with van der Waals surface area (Å²) in [5, 5.41) is 3.34. The third kappa shape index (κ3) is 2.37. The second kappa shape index (κ2) is 5.04. The van der Waals surface area contributed by atoms with Crippen LogP contribution in [0.15, 0.2) is 12.1 Å². The lowest BCUT2D eigenvalue weighted by Crippen LogP contribution is -2.36. The molecule has 1 aromatic rings. The Morgan fingerprint density at radius 3 is 2.67 bits per heavy atom. The van der Waals surface area contributed by atoms with E-state index in [4.69, 9.17) is 10.5 Å². The Kier molecular flexibility index (Phi) is 3.64. The van der Waals surface area contributed by atoms with Crippen LogP contribution in [0.5, 0.6) is 5.75 Å². The van der Waals surface area contributed by atoms with Crippen molar-refractivity contribution in [3.8, 4) is 5.75 Å². The lowest BCUT2D eigenvalue weighted by Gasteiger charge is -2.41. The molecule has 0 aliphatic heterocycles. The van der Waals surface area contributed by atoms with E-state index in [0.29, 0.717) is 11.1 Å². The lowest BCUT2D eigenvalue weighted by molar-refractivity contribution is 0.145. The molecule has 0 heterocycles. The van der Waals surface area contributed by atoms with Crippen LogP contribution in [0.1, 0.15) is 32.6 Å². The first-order chi connectivity index (χ1) is 8.60. The molecule has 2 rings (SSSR count). The number of benzene rings is 1. The van der Waals surface area contributed by atoms with E-state index in [9.17, 15) is 4.39 Å². The Labute approximate surface area is 108 Å². The van der Waals surface area contributed by atoms with Crippen LogP contribution in [0.25, 0.3) is 0 Å². The quantitative estimate of drug-likeness (QED) is 0.789. The summed E-state index contributed by atoms with van der Waals surface area (Å²) in [5.41, 5.74) is 7.40. The number of ether oxygens (including phenoxy) is 1. The fraction of sp³-hybridized carbons (Fsp3) is 0.571. The lowest BCUT2D eigenvalue weighted by atomic mass is 9.67. The minimum absolute atomic E-state index is 0.228. The molecule has 0 bridgehead atoms. The average Bonchev–Trinajstić information content (AvgIpc) is 2.30. The summed E-state index contributed by atoms with van der Waals surface area (Å²) in [6.45, 7) is 3.11. The van der Waals surface area contributed by atoms with Crippen LogP contribution < -0.4 is 15.8 Å². The van der Waals surface area contributed by atoms with Crippen molar-refractivity contribution in [3.63, 3.8) is 0 Å². The topological polar surface area (TPSA) is 47.3 Å². The molecule has 1 aliphatic carbocycles. The zero-order valence-electron chi connectivity index (χ0n) is 11.1. The van der Waals surface area contributed by atoms with Gasteiger partial charge in [-0.1, -0.05) is 13.3 Å².